The van der Waals surface area contributed by atoms with Gasteiger partial charge in [0.1, 0.15) is 21.8 Å². The molecule has 6 heteroatoms. The molecule has 0 radical (unpaired) electrons. The van der Waals surface area contributed by atoms with E-state index in [4.69, 9.17) is 17.3 Å². The zero-order chi connectivity index (χ0) is 12.7. The van der Waals surface area contributed by atoms with Crippen LogP contribution in [0.15, 0.2) is 35.5 Å². The SMILES string of the molecule is NC(=O)[S+]1CCn2c(-c3cccnc3Cl)ccc21. The van der Waals surface area contributed by atoms with Crippen LogP contribution in [0, 0.1) is 0 Å². The van der Waals surface area contributed by atoms with Gasteiger partial charge in [-0.05, 0) is 18.2 Å². The summed E-state index contributed by atoms with van der Waals surface area (Å²) in [5.41, 5.74) is 7.30. The van der Waals surface area contributed by atoms with Gasteiger partial charge in [0.2, 0.25) is 5.03 Å². The van der Waals surface area contributed by atoms with Crippen molar-refractivity contribution in [2.24, 2.45) is 5.73 Å². The number of amides is 1. The number of primary amides is 1. The highest BCUT2D eigenvalue weighted by Gasteiger charge is 2.39. The van der Waals surface area contributed by atoms with Crippen molar-refractivity contribution in [2.75, 3.05) is 5.75 Å². The topological polar surface area (TPSA) is 60.9 Å². The summed E-state index contributed by atoms with van der Waals surface area (Å²) in [7, 11) is -0.475. The lowest BCUT2D eigenvalue weighted by atomic mass is 10.2. The molecule has 3 heterocycles. The molecule has 1 aliphatic rings. The van der Waals surface area contributed by atoms with Gasteiger partial charge in [0.05, 0.1) is 12.2 Å². The molecule has 1 unspecified atom stereocenters. The van der Waals surface area contributed by atoms with Crippen molar-refractivity contribution in [1.82, 2.24) is 9.55 Å². The fourth-order valence-corrected chi connectivity index (χ4v) is 4.08. The van der Waals surface area contributed by atoms with Gasteiger partial charge in [0, 0.05) is 17.8 Å². The van der Waals surface area contributed by atoms with Gasteiger partial charge in [-0.1, -0.05) is 11.6 Å². The van der Waals surface area contributed by atoms with Crippen molar-refractivity contribution in [3.63, 3.8) is 0 Å². The first kappa shape index (κ1) is 11.6. The van der Waals surface area contributed by atoms with Crippen LogP contribution >= 0.6 is 11.6 Å². The van der Waals surface area contributed by atoms with Gasteiger partial charge in [0.15, 0.2) is 0 Å². The number of hydrogen-bond donors (Lipinski definition) is 1. The van der Waals surface area contributed by atoms with Gasteiger partial charge in [-0.3, -0.25) is 4.57 Å². The summed E-state index contributed by atoms with van der Waals surface area (Å²) in [4.78, 5) is 15.4. The van der Waals surface area contributed by atoms with E-state index in [1.54, 1.807) is 6.20 Å². The summed E-state index contributed by atoms with van der Waals surface area (Å²) in [6.07, 6.45) is 1.66. The first-order chi connectivity index (χ1) is 8.68. The second-order valence-electron chi connectivity index (χ2n) is 3.96. The number of carbonyl (C=O) groups excluding carboxylic acids is 1. The van der Waals surface area contributed by atoms with E-state index in [2.05, 4.69) is 9.55 Å². The fraction of sp³-hybridized carbons (Fsp3) is 0.167. The Balaban J connectivity index is 2.10. The van der Waals surface area contributed by atoms with Crippen molar-refractivity contribution in [3.8, 4) is 11.3 Å². The van der Waals surface area contributed by atoms with Crippen molar-refractivity contribution in [1.29, 1.82) is 0 Å². The third kappa shape index (κ3) is 1.71. The molecular formula is C12H11ClN3OS+. The van der Waals surface area contributed by atoms with E-state index in [1.807, 2.05) is 24.3 Å². The lowest BCUT2D eigenvalue weighted by molar-refractivity contribution is 0.267. The minimum atomic E-state index is -0.475. The minimum Gasteiger partial charge on any atom is -0.324 e. The van der Waals surface area contributed by atoms with Crippen LogP contribution in [0.5, 0.6) is 0 Å². The highest BCUT2D eigenvalue weighted by atomic mass is 35.5. The molecule has 0 saturated carbocycles. The molecule has 2 aromatic heterocycles. The molecule has 0 aliphatic carbocycles. The molecule has 3 rings (SSSR count). The Morgan fingerprint density at radius 1 is 1.44 bits per heavy atom. The van der Waals surface area contributed by atoms with E-state index in [0.29, 0.717) is 5.15 Å². The van der Waals surface area contributed by atoms with Gasteiger partial charge < -0.3 is 5.73 Å². The van der Waals surface area contributed by atoms with Crippen LogP contribution in [0.3, 0.4) is 0 Å². The van der Waals surface area contributed by atoms with Crippen molar-refractivity contribution < 1.29 is 4.79 Å². The van der Waals surface area contributed by atoms with E-state index < -0.39 is 10.9 Å². The van der Waals surface area contributed by atoms with Crippen LogP contribution in [0.1, 0.15) is 0 Å². The van der Waals surface area contributed by atoms with Crippen molar-refractivity contribution >= 4 is 27.7 Å². The molecular weight excluding hydrogens is 270 g/mol. The fourth-order valence-electron chi connectivity index (χ4n) is 2.20. The molecule has 92 valence electrons. The summed E-state index contributed by atoms with van der Waals surface area (Å²) < 4.78 is 2.11. The largest absolute Gasteiger partial charge is 0.433 e. The first-order valence-corrected chi connectivity index (χ1v) is 7.26. The number of hydrogen-bond acceptors (Lipinski definition) is 2. The number of nitrogens with two attached hydrogens (primary N) is 1. The molecule has 0 saturated heterocycles. The average molecular weight is 281 g/mol. The lowest BCUT2D eigenvalue weighted by Crippen LogP contribution is -2.22. The Morgan fingerprint density at radius 2 is 2.28 bits per heavy atom. The van der Waals surface area contributed by atoms with Crippen LogP contribution < -0.4 is 5.73 Å². The van der Waals surface area contributed by atoms with Crippen LogP contribution in [0.4, 0.5) is 4.79 Å². The third-order valence-electron chi connectivity index (χ3n) is 2.99. The molecule has 2 N–H and O–H groups in total. The van der Waals surface area contributed by atoms with Crippen molar-refractivity contribution in [2.45, 2.75) is 11.6 Å². The highest BCUT2D eigenvalue weighted by molar-refractivity contribution is 8.10. The summed E-state index contributed by atoms with van der Waals surface area (Å²) in [6, 6.07) is 7.71. The highest BCUT2D eigenvalue weighted by Crippen LogP contribution is 2.33. The molecule has 0 aromatic carbocycles. The number of nitrogens with zero attached hydrogens (tertiary/aromatic N) is 2. The normalized spacial score (nSPS) is 17.7. The third-order valence-corrected chi connectivity index (χ3v) is 5.23. The van der Waals surface area contributed by atoms with Gasteiger partial charge in [-0.15, -0.1) is 0 Å². The molecule has 1 amide bonds. The second kappa shape index (κ2) is 4.33. The second-order valence-corrected chi connectivity index (χ2v) is 6.33. The number of aromatic nitrogens is 2. The number of halogens is 1. The van der Waals surface area contributed by atoms with E-state index in [-0.39, 0.29) is 5.24 Å². The monoisotopic (exact) mass is 280 g/mol. The first-order valence-electron chi connectivity index (χ1n) is 5.49. The Kier molecular flexibility index (Phi) is 2.80. The van der Waals surface area contributed by atoms with E-state index in [1.165, 1.54) is 0 Å². The van der Waals surface area contributed by atoms with Crippen LogP contribution in [0.25, 0.3) is 11.3 Å². The molecule has 0 fully saturated rings. The van der Waals surface area contributed by atoms with E-state index in [0.717, 1.165) is 28.6 Å². The smallest absolute Gasteiger partial charge is 0.324 e. The molecule has 4 nitrogen and oxygen atoms in total. The minimum absolute atomic E-state index is 0.240. The standard InChI is InChI=1S/C12H10ClN3OS/c13-11-8(2-1-5-15-11)9-3-4-10-16(9)6-7-18(10)12(14)17/h1-5H,6-7H2,(H-,14,17)/p+1. The predicted octanol–water partition coefficient (Wildman–Crippen LogP) is 2.27. The van der Waals surface area contributed by atoms with Gasteiger partial charge in [-0.2, -0.15) is 0 Å². The van der Waals surface area contributed by atoms with Gasteiger partial charge in [0.25, 0.3) is 0 Å². The Labute approximate surface area is 112 Å². The van der Waals surface area contributed by atoms with Crippen molar-refractivity contribution in [3.05, 3.63) is 35.6 Å². The van der Waals surface area contributed by atoms with Crippen LogP contribution in [0.2, 0.25) is 5.15 Å². The molecule has 18 heavy (non-hydrogen) atoms. The Morgan fingerprint density at radius 3 is 3.00 bits per heavy atom. The quantitative estimate of drug-likeness (QED) is 0.643. The number of pyridine rings is 1. The zero-order valence-corrected chi connectivity index (χ0v) is 11.0. The van der Waals surface area contributed by atoms with Gasteiger partial charge >= 0.3 is 5.24 Å². The summed E-state index contributed by atoms with van der Waals surface area (Å²) in [5.74, 6) is 0.788. The Hall–Kier alpha value is -1.46. The molecule has 0 bridgehead atoms. The number of rotatable bonds is 1. The van der Waals surface area contributed by atoms with Gasteiger partial charge in [-0.25, -0.2) is 9.78 Å². The summed E-state index contributed by atoms with van der Waals surface area (Å²) in [6.45, 7) is 0.801. The Bertz CT molecular complexity index is 626. The average Bonchev–Trinajstić information content (AvgIpc) is 2.90. The predicted molar refractivity (Wildman–Crippen MR) is 72.8 cm³/mol. The van der Waals surface area contributed by atoms with E-state index in [9.17, 15) is 4.79 Å². The van der Waals surface area contributed by atoms with E-state index >= 15 is 0 Å². The lowest BCUT2D eigenvalue weighted by Gasteiger charge is -2.04. The summed E-state index contributed by atoms with van der Waals surface area (Å²) >= 11 is 6.10. The van der Waals surface area contributed by atoms with Crippen LogP contribution in [-0.2, 0) is 17.4 Å². The molecule has 2 aromatic rings. The number of fused-ring (bicyclic) bond motifs is 1. The molecule has 1 atom stereocenters. The zero-order valence-electron chi connectivity index (χ0n) is 9.47. The molecule has 1 aliphatic heterocycles. The number of carbonyl (C=O) groups is 1. The van der Waals surface area contributed by atoms with Crippen LogP contribution in [-0.4, -0.2) is 20.5 Å². The maximum Gasteiger partial charge on any atom is 0.433 e. The molecule has 0 spiro atoms. The maximum absolute atomic E-state index is 11.4. The maximum atomic E-state index is 11.4. The summed E-state index contributed by atoms with van der Waals surface area (Å²) in [5, 5.41) is 1.23.